The van der Waals surface area contributed by atoms with Crippen LogP contribution in [0.4, 0.5) is 10.1 Å². The van der Waals surface area contributed by atoms with Crippen LogP contribution in [0, 0.1) is 17.2 Å². The number of ketones is 1. The largest absolute Gasteiger partial charge is 0.393 e. The van der Waals surface area contributed by atoms with Crippen LogP contribution in [0.3, 0.4) is 0 Å². The zero-order valence-electron chi connectivity index (χ0n) is 21.3. The number of rotatable bonds is 5. The summed E-state index contributed by atoms with van der Waals surface area (Å²) in [6.07, 6.45) is 2.65. The van der Waals surface area contributed by atoms with Gasteiger partial charge >= 0.3 is 0 Å². The molecule has 2 fully saturated rings. The lowest BCUT2D eigenvalue weighted by molar-refractivity contribution is -0.123. The number of halogens is 3. The number of carbonyl (C=O) groups is 2. The van der Waals surface area contributed by atoms with Crippen molar-refractivity contribution >= 4 is 40.6 Å². The number of benzene rings is 2. The molecule has 1 unspecified atom stereocenters. The molecule has 5 rings (SSSR count). The number of aliphatic hydroxyl groups excluding tert-OH is 1. The fourth-order valence-corrected chi connectivity index (χ4v) is 7.19. The van der Waals surface area contributed by atoms with Gasteiger partial charge in [0.15, 0.2) is 5.78 Å². The van der Waals surface area contributed by atoms with Crippen LogP contribution >= 0.6 is 23.2 Å². The third kappa shape index (κ3) is 4.71. The SMILES string of the molecule is CC(C)(C)C[C@H]1N[C@@H](C(=O)CC2CC[C@@H](O)C2)[C@H](c2ccc(F)c(Cl)c2)[C@@]12C(=O)Nc1cc(Cl)ccc12. The number of aliphatic hydroxyl groups is 1. The van der Waals surface area contributed by atoms with Crippen molar-refractivity contribution in [3.8, 4) is 0 Å². The van der Waals surface area contributed by atoms with Gasteiger partial charge in [-0.2, -0.15) is 0 Å². The van der Waals surface area contributed by atoms with Gasteiger partial charge in [0, 0.05) is 29.1 Å². The predicted octanol–water partition coefficient (Wildman–Crippen LogP) is 6.00. The number of anilines is 1. The van der Waals surface area contributed by atoms with Crippen LogP contribution in [-0.4, -0.2) is 35.0 Å². The van der Waals surface area contributed by atoms with E-state index in [2.05, 4.69) is 31.4 Å². The summed E-state index contributed by atoms with van der Waals surface area (Å²) in [5.74, 6) is -1.27. The van der Waals surface area contributed by atoms with E-state index in [0.717, 1.165) is 12.0 Å². The molecule has 2 heterocycles. The Bertz CT molecular complexity index is 1250. The molecular formula is C29H33Cl2FN2O3. The summed E-state index contributed by atoms with van der Waals surface area (Å²) < 4.78 is 14.2. The number of Topliss-reactive ketones (excluding diaryl/α,β-unsaturated/α-hetero) is 1. The van der Waals surface area contributed by atoms with Crippen molar-refractivity contribution in [2.45, 2.75) is 82.4 Å². The van der Waals surface area contributed by atoms with Crippen molar-refractivity contribution in [2.75, 3.05) is 5.32 Å². The van der Waals surface area contributed by atoms with Crippen molar-refractivity contribution in [3.05, 3.63) is 63.4 Å². The smallest absolute Gasteiger partial charge is 0.237 e. The molecule has 1 saturated carbocycles. The van der Waals surface area contributed by atoms with Gasteiger partial charge < -0.3 is 15.7 Å². The van der Waals surface area contributed by atoms with Gasteiger partial charge in [-0.15, -0.1) is 0 Å². The Balaban J connectivity index is 1.68. The molecule has 2 aromatic carbocycles. The fraction of sp³-hybridized carbons (Fsp3) is 0.517. The van der Waals surface area contributed by atoms with Crippen molar-refractivity contribution in [2.24, 2.45) is 11.3 Å². The first kappa shape index (κ1) is 26.6. The first-order valence-electron chi connectivity index (χ1n) is 12.9. The zero-order valence-corrected chi connectivity index (χ0v) is 22.8. The van der Waals surface area contributed by atoms with Crippen molar-refractivity contribution in [1.29, 1.82) is 0 Å². The molecule has 0 bridgehead atoms. The van der Waals surface area contributed by atoms with Crippen LogP contribution in [0.15, 0.2) is 36.4 Å². The number of fused-ring (bicyclic) bond motifs is 2. The minimum absolute atomic E-state index is 0.00412. The van der Waals surface area contributed by atoms with Gasteiger partial charge in [-0.3, -0.25) is 9.59 Å². The zero-order chi connectivity index (χ0) is 26.7. The normalized spacial score (nSPS) is 31.1. The molecule has 1 saturated heterocycles. The lowest BCUT2D eigenvalue weighted by atomic mass is 9.62. The van der Waals surface area contributed by atoms with Gasteiger partial charge in [-0.1, -0.05) is 56.1 Å². The fourth-order valence-electron chi connectivity index (χ4n) is 6.83. The summed E-state index contributed by atoms with van der Waals surface area (Å²) in [6, 6.07) is 8.80. The van der Waals surface area contributed by atoms with E-state index in [-0.39, 0.29) is 40.2 Å². The maximum Gasteiger partial charge on any atom is 0.237 e. The maximum absolute atomic E-state index is 14.2. The Hall–Kier alpha value is -1.99. The lowest BCUT2D eigenvalue weighted by Gasteiger charge is -2.37. The molecule has 37 heavy (non-hydrogen) atoms. The Kier molecular flexibility index (Phi) is 6.93. The molecule has 1 amide bonds. The molecule has 1 spiro atoms. The van der Waals surface area contributed by atoms with Crippen LogP contribution < -0.4 is 10.6 Å². The average Bonchev–Trinajstić information content (AvgIpc) is 3.44. The Morgan fingerprint density at radius 1 is 1.16 bits per heavy atom. The van der Waals surface area contributed by atoms with E-state index in [4.69, 9.17) is 23.2 Å². The molecule has 3 N–H and O–H groups in total. The highest BCUT2D eigenvalue weighted by molar-refractivity contribution is 6.31. The summed E-state index contributed by atoms with van der Waals surface area (Å²) in [5, 5.41) is 17.1. The quantitative estimate of drug-likeness (QED) is 0.429. The third-order valence-corrected chi connectivity index (χ3v) is 8.80. The summed E-state index contributed by atoms with van der Waals surface area (Å²) in [7, 11) is 0. The van der Waals surface area contributed by atoms with E-state index in [1.54, 1.807) is 24.3 Å². The van der Waals surface area contributed by atoms with E-state index in [1.807, 2.05) is 6.07 Å². The lowest BCUT2D eigenvalue weighted by Crippen LogP contribution is -2.49. The van der Waals surface area contributed by atoms with Crippen LogP contribution in [0.5, 0.6) is 0 Å². The molecule has 3 aliphatic rings. The molecule has 1 aliphatic carbocycles. The molecule has 2 aliphatic heterocycles. The molecule has 2 aromatic rings. The Morgan fingerprint density at radius 2 is 1.92 bits per heavy atom. The first-order chi connectivity index (χ1) is 17.4. The van der Waals surface area contributed by atoms with Crippen LogP contribution in [-0.2, 0) is 15.0 Å². The highest BCUT2D eigenvalue weighted by Gasteiger charge is 2.65. The number of hydrogen-bond acceptors (Lipinski definition) is 4. The minimum Gasteiger partial charge on any atom is -0.393 e. The highest BCUT2D eigenvalue weighted by atomic mass is 35.5. The molecule has 8 heteroatoms. The minimum atomic E-state index is -1.12. The molecule has 5 nitrogen and oxygen atoms in total. The maximum atomic E-state index is 14.2. The number of nitrogens with one attached hydrogen (secondary N) is 2. The molecule has 198 valence electrons. The predicted molar refractivity (Wildman–Crippen MR) is 144 cm³/mol. The first-order valence-corrected chi connectivity index (χ1v) is 13.7. The van der Waals surface area contributed by atoms with Gasteiger partial charge in [0.25, 0.3) is 0 Å². The highest BCUT2D eigenvalue weighted by Crippen LogP contribution is 2.57. The van der Waals surface area contributed by atoms with Gasteiger partial charge in [0.1, 0.15) is 11.2 Å². The standard InChI is InChI=1S/C29H33Cl2FN2O3/c1-28(2,3)14-24-29(19-8-6-17(30)13-22(19)33-27(29)37)25(16-5-9-21(32)20(31)12-16)26(34-24)23(36)11-15-4-7-18(35)10-15/h5-6,8-9,12-13,15,18,24-26,34-35H,4,7,10-11,14H2,1-3H3,(H,33,37)/t15?,18-,24-,25+,26+,29+/m1/s1. The topological polar surface area (TPSA) is 78.4 Å². The van der Waals surface area contributed by atoms with Crippen LogP contribution in [0.25, 0.3) is 0 Å². The van der Waals surface area contributed by atoms with Gasteiger partial charge in [-0.25, -0.2) is 4.39 Å². The summed E-state index contributed by atoms with van der Waals surface area (Å²) in [4.78, 5) is 28.1. The summed E-state index contributed by atoms with van der Waals surface area (Å²) in [6.45, 7) is 6.32. The third-order valence-electron chi connectivity index (χ3n) is 8.28. The van der Waals surface area contributed by atoms with E-state index >= 15 is 0 Å². The summed E-state index contributed by atoms with van der Waals surface area (Å²) >= 11 is 12.5. The number of hydrogen-bond donors (Lipinski definition) is 3. The number of carbonyl (C=O) groups excluding carboxylic acids is 2. The van der Waals surface area contributed by atoms with Crippen LogP contribution in [0.1, 0.15) is 69.9 Å². The second-order valence-corrected chi connectivity index (χ2v) is 13.0. The van der Waals surface area contributed by atoms with E-state index < -0.39 is 23.2 Å². The van der Waals surface area contributed by atoms with Crippen molar-refractivity contribution in [1.82, 2.24) is 5.32 Å². The Morgan fingerprint density at radius 3 is 2.57 bits per heavy atom. The monoisotopic (exact) mass is 546 g/mol. The average molecular weight is 547 g/mol. The number of amides is 1. The van der Waals surface area contributed by atoms with Crippen molar-refractivity contribution < 1.29 is 19.1 Å². The van der Waals surface area contributed by atoms with Gasteiger partial charge in [0.2, 0.25) is 5.91 Å². The second-order valence-electron chi connectivity index (χ2n) is 12.1. The second kappa shape index (κ2) is 9.64. The van der Waals surface area contributed by atoms with Gasteiger partial charge in [-0.05, 0) is 72.4 Å². The molecule has 0 radical (unpaired) electrons. The molecule has 0 aromatic heterocycles. The Labute approximate surface area is 227 Å². The van der Waals surface area contributed by atoms with Gasteiger partial charge in [0.05, 0.1) is 17.2 Å². The molecular weight excluding hydrogens is 514 g/mol. The summed E-state index contributed by atoms with van der Waals surface area (Å²) in [5.41, 5.74) is 0.768. The van der Waals surface area contributed by atoms with Crippen LogP contribution in [0.2, 0.25) is 10.0 Å². The van der Waals surface area contributed by atoms with E-state index in [1.165, 1.54) is 6.07 Å². The molecule has 6 atom stereocenters. The van der Waals surface area contributed by atoms with E-state index in [0.29, 0.717) is 42.0 Å². The van der Waals surface area contributed by atoms with E-state index in [9.17, 15) is 19.1 Å². The van der Waals surface area contributed by atoms with Crippen molar-refractivity contribution in [3.63, 3.8) is 0 Å².